The Hall–Kier alpha value is -3.00. The summed E-state index contributed by atoms with van der Waals surface area (Å²) >= 11 is 0. The predicted molar refractivity (Wildman–Crippen MR) is 115 cm³/mol. The molecule has 28 heavy (non-hydrogen) atoms. The van der Waals surface area contributed by atoms with Crippen molar-refractivity contribution in [3.05, 3.63) is 83.4 Å². The molecule has 0 fully saturated rings. The summed E-state index contributed by atoms with van der Waals surface area (Å²) in [5.41, 5.74) is 4.22. The van der Waals surface area contributed by atoms with E-state index in [9.17, 15) is 5.11 Å². The topological polar surface area (TPSA) is 29.5 Å². The van der Waals surface area contributed by atoms with Gasteiger partial charge in [0.05, 0.1) is 7.11 Å². The van der Waals surface area contributed by atoms with Crippen molar-refractivity contribution in [2.75, 3.05) is 7.11 Å². The maximum Gasteiger partial charge on any atom is 0.160 e. The standard InChI is InChI=1S/C26H24O2/c1-28-26-16-17(9-14-25(26)27)15-19-6-4-8-22-21(19)12-13-23-20-7-3-2-5-18(20)10-11-24(22)23/h2-3,5,7,9-14,16,19,27H,4,6,8,15H2,1H3. The number of aryl methyl sites for hydroxylation is 1. The van der Waals surface area contributed by atoms with Crippen LogP contribution in [0.2, 0.25) is 0 Å². The Morgan fingerprint density at radius 1 is 0.929 bits per heavy atom. The van der Waals surface area contributed by atoms with E-state index in [1.165, 1.54) is 51.1 Å². The van der Waals surface area contributed by atoms with Gasteiger partial charge in [0.1, 0.15) is 0 Å². The van der Waals surface area contributed by atoms with Crippen LogP contribution in [-0.4, -0.2) is 12.2 Å². The average Bonchev–Trinajstić information content (AvgIpc) is 2.74. The zero-order valence-corrected chi connectivity index (χ0v) is 16.1. The molecule has 5 rings (SSSR count). The molecule has 140 valence electrons. The number of aromatic hydroxyl groups is 1. The third-order valence-electron chi connectivity index (χ3n) is 6.22. The van der Waals surface area contributed by atoms with Gasteiger partial charge >= 0.3 is 0 Å². The monoisotopic (exact) mass is 368 g/mol. The third-order valence-corrected chi connectivity index (χ3v) is 6.22. The van der Waals surface area contributed by atoms with Crippen LogP contribution in [-0.2, 0) is 12.8 Å². The second-order valence-corrected chi connectivity index (χ2v) is 7.81. The maximum atomic E-state index is 9.88. The van der Waals surface area contributed by atoms with E-state index in [2.05, 4.69) is 48.5 Å². The van der Waals surface area contributed by atoms with Gasteiger partial charge in [-0.1, -0.05) is 54.6 Å². The highest BCUT2D eigenvalue weighted by atomic mass is 16.5. The van der Waals surface area contributed by atoms with Gasteiger partial charge in [-0.2, -0.15) is 0 Å². The Balaban J connectivity index is 1.58. The van der Waals surface area contributed by atoms with E-state index in [0.29, 0.717) is 11.7 Å². The van der Waals surface area contributed by atoms with E-state index in [1.54, 1.807) is 13.2 Å². The first-order chi connectivity index (χ1) is 13.7. The van der Waals surface area contributed by atoms with Crippen LogP contribution < -0.4 is 4.74 Å². The molecular formula is C26H24O2. The van der Waals surface area contributed by atoms with Crippen LogP contribution in [0.3, 0.4) is 0 Å². The van der Waals surface area contributed by atoms with Gasteiger partial charge in [-0.25, -0.2) is 0 Å². The van der Waals surface area contributed by atoms with Crippen LogP contribution in [0, 0.1) is 0 Å². The van der Waals surface area contributed by atoms with Crippen molar-refractivity contribution in [3.8, 4) is 11.5 Å². The number of fused-ring (bicyclic) bond motifs is 5. The van der Waals surface area contributed by atoms with E-state index in [0.717, 1.165) is 12.8 Å². The minimum absolute atomic E-state index is 0.202. The Labute approximate surface area is 165 Å². The summed E-state index contributed by atoms with van der Waals surface area (Å²) in [4.78, 5) is 0. The van der Waals surface area contributed by atoms with Gasteiger partial charge in [-0.3, -0.25) is 0 Å². The van der Waals surface area contributed by atoms with Crippen LogP contribution in [0.1, 0.15) is 35.4 Å². The van der Waals surface area contributed by atoms with Crippen molar-refractivity contribution in [1.29, 1.82) is 0 Å². The smallest absolute Gasteiger partial charge is 0.160 e. The highest BCUT2D eigenvalue weighted by Crippen LogP contribution is 2.40. The molecule has 4 aromatic rings. The molecule has 4 aromatic carbocycles. The highest BCUT2D eigenvalue weighted by molar-refractivity contribution is 6.08. The lowest BCUT2D eigenvalue weighted by molar-refractivity contribution is 0.372. The van der Waals surface area contributed by atoms with Gasteiger partial charge in [-0.05, 0) is 82.0 Å². The molecule has 0 amide bonds. The molecule has 1 N–H and O–H groups in total. The van der Waals surface area contributed by atoms with Gasteiger partial charge in [0.2, 0.25) is 0 Å². The largest absolute Gasteiger partial charge is 0.504 e. The number of rotatable bonds is 3. The normalized spacial score (nSPS) is 16.2. The van der Waals surface area contributed by atoms with E-state index < -0.39 is 0 Å². The summed E-state index contributed by atoms with van der Waals surface area (Å²) in [6, 6.07) is 23.6. The van der Waals surface area contributed by atoms with Crippen molar-refractivity contribution >= 4 is 21.5 Å². The number of methoxy groups -OCH3 is 1. The summed E-state index contributed by atoms with van der Waals surface area (Å²) in [5, 5.41) is 15.3. The molecule has 1 atom stereocenters. The number of hydrogen-bond donors (Lipinski definition) is 1. The summed E-state index contributed by atoms with van der Waals surface area (Å²) in [6.45, 7) is 0. The van der Waals surface area contributed by atoms with Crippen LogP contribution in [0.25, 0.3) is 21.5 Å². The van der Waals surface area contributed by atoms with Crippen molar-refractivity contribution in [1.82, 2.24) is 0 Å². The van der Waals surface area contributed by atoms with E-state index in [4.69, 9.17) is 4.74 Å². The lowest BCUT2D eigenvalue weighted by Gasteiger charge is -2.27. The Morgan fingerprint density at radius 3 is 2.68 bits per heavy atom. The fraction of sp³-hybridized carbons (Fsp3) is 0.231. The third kappa shape index (κ3) is 2.80. The molecule has 0 aliphatic heterocycles. The van der Waals surface area contributed by atoms with Crippen LogP contribution >= 0.6 is 0 Å². The van der Waals surface area contributed by atoms with Crippen molar-refractivity contribution in [3.63, 3.8) is 0 Å². The second-order valence-electron chi connectivity index (χ2n) is 7.81. The Kier molecular flexibility index (Phi) is 4.20. The first-order valence-electron chi connectivity index (χ1n) is 10.0. The number of benzene rings is 4. The van der Waals surface area contributed by atoms with Crippen molar-refractivity contribution < 1.29 is 9.84 Å². The zero-order chi connectivity index (χ0) is 19.1. The first kappa shape index (κ1) is 17.1. The highest BCUT2D eigenvalue weighted by Gasteiger charge is 2.23. The molecule has 0 aromatic heterocycles. The van der Waals surface area contributed by atoms with E-state index in [-0.39, 0.29) is 5.75 Å². The van der Waals surface area contributed by atoms with Crippen LogP contribution in [0.15, 0.2) is 66.7 Å². The Morgan fingerprint density at radius 2 is 1.79 bits per heavy atom. The molecule has 1 aliphatic rings. The molecule has 0 heterocycles. The summed E-state index contributed by atoms with van der Waals surface area (Å²) < 4.78 is 5.29. The van der Waals surface area contributed by atoms with Gasteiger partial charge in [-0.15, -0.1) is 0 Å². The minimum Gasteiger partial charge on any atom is -0.504 e. The van der Waals surface area contributed by atoms with E-state index in [1.807, 2.05) is 12.1 Å². The molecule has 1 aliphatic carbocycles. The van der Waals surface area contributed by atoms with Gasteiger partial charge in [0, 0.05) is 0 Å². The molecule has 2 heteroatoms. The molecule has 0 saturated heterocycles. The lowest BCUT2D eigenvalue weighted by Crippen LogP contribution is -2.12. The van der Waals surface area contributed by atoms with Crippen molar-refractivity contribution in [2.45, 2.75) is 31.6 Å². The summed E-state index contributed by atoms with van der Waals surface area (Å²) in [6.07, 6.45) is 4.55. The zero-order valence-electron chi connectivity index (χ0n) is 16.1. The Bertz CT molecular complexity index is 1180. The first-order valence-corrected chi connectivity index (χ1v) is 10.0. The van der Waals surface area contributed by atoms with E-state index >= 15 is 0 Å². The quantitative estimate of drug-likeness (QED) is 0.426. The van der Waals surface area contributed by atoms with Gasteiger partial charge in [0.25, 0.3) is 0 Å². The SMILES string of the molecule is COc1cc(CC2CCCc3c2ccc2c3ccc3ccccc32)ccc1O. The molecule has 0 saturated carbocycles. The molecule has 0 spiro atoms. The van der Waals surface area contributed by atoms with Crippen molar-refractivity contribution in [2.24, 2.45) is 0 Å². The molecular weight excluding hydrogens is 344 g/mol. The number of phenols is 1. The summed E-state index contributed by atoms with van der Waals surface area (Å²) in [5.74, 6) is 1.26. The van der Waals surface area contributed by atoms with Crippen LogP contribution in [0.5, 0.6) is 11.5 Å². The van der Waals surface area contributed by atoms with Gasteiger partial charge < -0.3 is 9.84 Å². The molecule has 1 unspecified atom stereocenters. The average molecular weight is 368 g/mol. The number of hydrogen-bond acceptors (Lipinski definition) is 2. The van der Waals surface area contributed by atoms with Gasteiger partial charge in [0.15, 0.2) is 11.5 Å². The molecule has 0 radical (unpaired) electrons. The lowest BCUT2D eigenvalue weighted by atomic mass is 9.77. The fourth-order valence-corrected chi connectivity index (χ4v) is 4.86. The number of ether oxygens (including phenoxy) is 1. The summed E-state index contributed by atoms with van der Waals surface area (Å²) in [7, 11) is 1.60. The fourth-order valence-electron chi connectivity index (χ4n) is 4.86. The second kappa shape index (κ2) is 6.87. The molecule has 2 nitrogen and oxygen atoms in total. The number of phenolic OH excluding ortho intramolecular Hbond substituents is 1. The molecule has 0 bridgehead atoms. The van der Waals surface area contributed by atoms with Crippen LogP contribution in [0.4, 0.5) is 0 Å². The predicted octanol–water partition coefficient (Wildman–Crippen LogP) is 6.37. The maximum absolute atomic E-state index is 9.88. The minimum atomic E-state index is 0.202.